The zero-order chi connectivity index (χ0) is 20.3. The number of guanidine groups is 1. The predicted octanol–water partition coefficient (Wildman–Crippen LogP) is 4.11. The molecule has 0 bridgehead atoms. The highest BCUT2D eigenvalue weighted by molar-refractivity contribution is 14.0. The first-order chi connectivity index (χ1) is 14.2. The van der Waals surface area contributed by atoms with Gasteiger partial charge in [0.05, 0.1) is 25.5 Å². The maximum absolute atomic E-state index is 6.01. The third-order valence-electron chi connectivity index (χ3n) is 4.97. The van der Waals surface area contributed by atoms with Crippen molar-refractivity contribution < 1.29 is 9.15 Å². The fraction of sp³-hybridized carbons (Fsp3) is 0.500. The Hall–Kier alpha value is -1.29. The molecule has 3 rings (SSSR count). The quantitative estimate of drug-likeness (QED) is 0.215. The van der Waals surface area contributed by atoms with Crippen LogP contribution in [0, 0.1) is 0 Å². The van der Waals surface area contributed by atoms with Gasteiger partial charge < -0.3 is 19.8 Å². The molecule has 0 saturated carbocycles. The molecule has 6 nitrogen and oxygen atoms in total. The number of furan rings is 1. The molecule has 2 heterocycles. The van der Waals surface area contributed by atoms with E-state index >= 15 is 0 Å². The lowest BCUT2D eigenvalue weighted by Gasteiger charge is -2.26. The number of hydrogen-bond donors (Lipinski definition) is 2. The van der Waals surface area contributed by atoms with E-state index in [-0.39, 0.29) is 30.0 Å². The molecule has 0 aliphatic carbocycles. The first-order valence-electron chi connectivity index (χ1n) is 10.3. The average Bonchev–Trinajstić information content (AvgIpc) is 3.25. The Morgan fingerprint density at radius 2 is 1.97 bits per heavy atom. The molecule has 2 aromatic rings. The number of aliphatic imine (C=N–C) groups is 1. The summed E-state index contributed by atoms with van der Waals surface area (Å²) in [4.78, 5) is 7.23. The third kappa shape index (κ3) is 8.83. The second-order valence-electron chi connectivity index (χ2n) is 7.21. The summed E-state index contributed by atoms with van der Waals surface area (Å²) < 4.78 is 10.8. The van der Waals surface area contributed by atoms with Crippen LogP contribution >= 0.6 is 35.6 Å². The number of halogens is 2. The Morgan fingerprint density at radius 1 is 1.20 bits per heavy atom. The van der Waals surface area contributed by atoms with Crippen LogP contribution in [-0.2, 0) is 11.2 Å². The normalized spacial score (nSPS) is 16.0. The summed E-state index contributed by atoms with van der Waals surface area (Å²) >= 11 is 6.01. The molecule has 8 heteroatoms. The average molecular weight is 547 g/mol. The summed E-state index contributed by atoms with van der Waals surface area (Å²) in [6, 6.07) is 11.9. The van der Waals surface area contributed by atoms with Crippen molar-refractivity contribution in [2.45, 2.75) is 25.8 Å². The Kier molecular flexibility index (Phi) is 11.6. The molecule has 166 valence electrons. The van der Waals surface area contributed by atoms with Gasteiger partial charge in [0, 0.05) is 44.2 Å². The smallest absolute Gasteiger partial charge is 0.191 e. The highest BCUT2D eigenvalue weighted by Gasteiger charge is 2.10. The standard InChI is InChI=1S/C22H31ClN4O2.HI/c1-18(19-5-7-20(23)8-6-19)26-22(25-11-9-21-4-2-15-29-21)24-10-3-12-27-13-16-28-17-14-27;/h2,4-8,15,18H,3,9-14,16-17H2,1H3,(H2,24,25,26);1H. The second kappa shape index (κ2) is 13.9. The summed E-state index contributed by atoms with van der Waals surface area (Å²) in [5.74, 6) is 1.79. The number of morpholine rings is 1. The van der Waals surface area contributed by atoms with Crippen LogP contribution in [-0.4, -0.2) is 56.8 Å². The number of rotatable bonds is 9. The lowest BCUT2D eigenvalue weighted by molar-refractivity contribution is 0.0377. The van der Waals surface area contributed by atoms with Gasteiger partial charge in [-0.25, -0.2) is 0 Å². The molecule has 1 saturated heterocycles. The monoisotopic (exact) mass is 546 g/mol. The summed E-state index contributed by atoms with van der Waals surface area (Å²) in [7, 11) is 0. The number of nitrogens with one attached hydrogen (secondary N) is 2. The highest BCUT2D eigenvalue weighted by Crippen LogP contribution is 2.15. The molecular weight excluding hydrogens is 515 g/mol. The number of ether oxygens (including phenoxy) is 1. The van der Waals surface area contributed by atoms with E-state index in [1.54, 1.807) is 6.26 Å². The van der Waals surface area contributed by atoms with Gasteiger partial charge in [0.15, 0.2) is 5.96 Å². The summed E-state index contributed by atoms with van der Waals surface area (Å²) in [6.07, 6.45) is 3.55. The van der Waals surface area contributed by atoms with E-state index in [2.05, 4.69) is 22.5 Å². The maximum Gasteiger partial charge on any atom is 0.191 e. The van der Waals surface area contributed by atoms with Crippen LogP contribution in [0.3, 0.4) is 0 Å². The van der Waals surface area contributed by atoms with Crippen molar-refractivity contribution in [3.63, 3.8) is 0 Å². The number of benzene rings is 1. The molecular formula is C22H32ClIN4O2. The van der Waals surface area contributed by atoms with Crippen LogP contribution in [0.25, 0.3) is 0 Å². The molecule has 1 fully saturated rings. The van der Waals surface area contributed by atoms with Gasteiger partial charge in [-0.2, -0.15) is 0 Å². The summed E-state index contributed by atoms with van der Waals surface area (Å²) in [6.45, 7) is 8.43. The van der Waals surface area contributed by atoms with E-state index in [1.165, 1.54) is 5.56 Å². The van der Waals surface area contributed by atoms with Crippen molar-refractivity contribution in [2.75, 3.05) is 45.9 Å². The third-order valence-corrected chi connectivity index (χ3v) is 5.23. The van der Waals surface area contributed by atoms with Crippen molar-refractivity contribution >= 4 is 41.5 Å². The van der Waals surface area contributed by atoms with Gasteiger partial charge in [-0.3, -0.25) is 9.89 Å². The lowest BCUT2D eigenvalue weighted by atomic mass is 10.1. The van der Waals surface area contributed by atoms with Gasteiger partial charge >= 0.3 is 0 Å². The zero-order valence-corrected chi connectivity index (χ0v) is 20.6. The van der Waals surface area contributed by atoms with E-state index in [1.807, 2.05) is 36.4 Å². The van der Waals surface area contributed by atoms with Crippen LogP contribution in [0.5, 0.6) is 0 Å². The Labute approximate surface area is 201 Å². The van der Waals surface area contributed by atoms with Crippen molar-refractivity contribution in [2.24, 2.45) is 4.99 Å². The van der Waals surface area contributed by atoms with Crippen LogP contribution in [0.1, 0.15) is 30.7 Å². The summed E-state index contributed by atoms with van der Waals surface area (Å²) in [5.41, 5.74) is 1.17. The van der Waals surface area contributed by atoms with Crippen LogP contribution in [0.15, 0.2) is 52.1 Å². The lowest BCUT2D eigenvalue weighted by Crippen LogP contribution is -2.40. The van der Waals surface area contributed by atoms with Crippen molar-refractivity contribution in [3.05, 3.63) is 59.0 Å². The van der Waals surface area contributed by atoms with Gasteiger partial charge in [0.25, 0.3) is 0 Å². The minimum absolute atomic E-state index is 0. The molecule has 1 aliphatic rings. The maximum atomic E-state index is 6.01. The van der Waals surface area contributed by atoms with E-state index < -0.39 is 0 Å². The van der Waals surface area contributed by atoms with Crippen molar-refractivity contribution in [1.82, 2.24) is 15.5 Å². The van der Waals surface area contributed by atoms with Crippen molar-refractivity contribution in [3.8, 4) is 0 Å². The fourth-order valence-corrected chi connectivity index (χ4v) is 3.39. The molecule has 1 aliphatic heterocycles. The highest BCUT2D eigenvalue weighted by atomic mass is 127. The van der Waals surface area contributed by atoms with Gasteiger partial charge in [-0.05, 0) is 43.2 Å². The molecule has 1 unspecified atom stereocenters. The largest absolute Gasteiger partial charge is 0.469 e. The first kappa shape index (κ1) is 25.0. The van der Waals surface area contributed by atoms with Gasteiger partial charge in [0.2, 0.25) is 0 Å². The molecule has 30 heavy (non-hydrogen) atoms. The molecule has 1 atom stereocenters. The Morgan fingerprint density at radius 3 is 2.67 bits per heavy atom. The van der Waals surface area contributed by atoms with Gasteiger partial charge in [0.1, 0.15) is 5.76 Å². The van der Waals surface area contributed by atoms with Crippen LogP contribution in [0.2, 0.25) is 5.02 Å². The van der Waals surface area contributed by atoms with Crippen LogP contribution in [0.4, 0.5) is 0 Å². The van der Waals surface area contributed by atoms with Gasteiger partial charge in [-0.15, -0.1) is 24.0 Å². The van der Waals surface area contributed by atoms with E-state index in [0.29, 0.717) is 0 Å². The SMILES string of the molecule is CC(NC(=NCCCN1CCOCC1)NCCc1ccco1)c1ccc(Cl)cc1.I. The Bertz CT molecular complexity index is 734. The van der Waals surface area contributed by atoms with E-state index in [0.717, 1.165) is 75.5 Å². The minimum Gasteiger partial charge on any atom is -0.469 e. The summed E-state index contributed by atoms with van der Waals surface area (Å²) in [5, 5.41) is 7.68. The molecule has 1 aromatic carbocycles. The molecule has 1 aromatic heterocycles. The molecule has 2 N–H and O–H groups in total. The molecule has 0 spiro atoms. The minimum atomic E-state index is 0. The Balaban J connectivity index is 0.00000320. The number of hydrogen-bond acceptors (Lipinski definition) is 4. The zero-order valence-electron chi connectivity index (χ0n) is 17.5. The predicted molar refractivity (Wildman–Crippen MR) is 133 cm³/mol. The van der Waals surface area contributed by atoms with Crippen LogP contribution < -0.4 is 10.6 Å². The second-order valence-corrected chi connectivity index (χ2v) is 7.65. The van der Waals surface area contributed by atoms with Crippen molar-refractivity contribution in [1.29, 1.82) is 0 Å². The van der Waals surface area contributed by atoms with E-state index in [4.69, 9.17) is 25.7 Å². The molecule has 0 amide bonds. The fourth-order valence-electron chi connectivity index (χ4n) is 3.26. The number of nitrogens with zero attached hydrogens (tertiary/aromatic N) is 2. The topological polar surface area (TPSA) is 62.0 Å². The first-order valence-corrected chi connectivity index (χ1v) is 10.7. The van der Waals surface area contributed by atoms with E-state index in [9.17, 15) is 0 Å². The van der Waals surface area contributed by atoms with Gasteiger partial charge in [-0.1, -0.05) is 23.7 Å². The molecule has 0 radical (unpaired) electrons.